The Hall–Kier alpha value is -1.92. The number of benzene rings is 1. The van der Waals surface area contributed by atoms with Crippen molar-refractivity contribution in [3.05, 3.63) is 34.4 Å². The molecule has 1 fully saturated rings. The zero-order valence-electron chi connectivity index (χ0n) is 12.4. The molecular formula is C15H15ClN2O3S. The molecule has 7 heteroatoms. The molecule has 1 heterocycles. The minimum atomic E-state index is -0.449. The average Bonchev–Trinajstić information content (AvgIpc) is 2.50. The Bertz CT molecular complexity index is 661. The largest absolute Gasteiger partial charge is 0.493 e. The number of hydrogen-bond acceptors (Lipinski definition) is 4. The fourth-order valence-electron chi connectivity index (χ4n) is 2.05. The lowest BCUT2D eigenvalue weighted by Crippen LogP contribution is -2.52. The van der Waals surface area contributed by atoms with E-state index < -0.39 is 11.8 Å². The summed E-state index contributed by atoms with van der Waals surface area (Å²) in [5.41, 5.74) is 0.586. The zero-order chi connectivity index (χ0) is 16.4. The highest BCUT2D eigenvalue weighted by Crippen LogP contribution is 2.27. The predicted molar refractivity (Wildman–Crippen MR) is 88.7 cm³/mol. The van der Waals surface area contributed by atoms with Gasteiger partial charge in [-0.25, -0.2) is 0 Å². The Balaban J connectivity index is 2.52. The molecule has 0 spiro atoms. The van der Waals surface area contributed by atoms with Gasteiger partial charge in [0.2, 0.25) is 0 Å². The van der Waals surface area contributed by atoms with Crippen LogP contribution in [0.15, 0.2) is 23.8 Å². The van der Waals surface area contributed by atoms with Crippen LogP contribution in [0.3, 0.4) is 0 Å². The number of ether oxygens (including phenoxy) is 1. The molecule has 2 amide bonds. The number of hydrogen-bond donors (Lipinski definition) is 0. The molecule has 1 aromatic rings. The van der Waals surface area contributed by atoms with Crippen LogP contribution < -0.4 is 4.74 Å². The Kier molecular flexibility index (Phi) is 4.83. The van der Waals surface area contributed by atoms with E-state index in [4.69, 9.17) is 28.6 Å². The first-order chi connectivity index (χ1) is 10.4. The molecule has 116 valence electrons. The number of carbonyl (C=O) groups excluding carboxylic acids is 2. The summed E-state index contributed by atoms with van der Waals surface area (Å²) in [6.07, 6.45) is 1.48. The maximum atomic E-state index is 12.3. The number of carbonyl (C=O) groups is 2. The summed E-state index contributed by atoms with van der Waals surface area (Å²) in [4.78, 5) is 27.1. The van der Waals surface area contributed by atoms with E-state index in [0.717, 1.165) is 0 Å². The molecule has 5 nitrogen and oxygen atoms in total. The van der Waals surface area contributed by atoms with Crippen LogP contribution in [0.2, 0.25) is 5.02 Å². The topological polar surface area (TPSA) is 49.9 Å². The normalized spacial score (nSPS) is 15.5. The van der Waals surface area contributed by atoms with E-state index >= 15 is 0 Å². The van der Waals surface area contributed by atoms with E-state index in [1.165, 1.54) is 30.0 Å². The second kappa shape index (κ2) is 6.46. The molecular weight excluding hydrogens is 324 g/mol. The van der Waals surface area contributed by atoms with Gasteiger partial charge in [0.15, 0.2) is 5.11 Å². The molecule has 0 radical (unpaired) electrons. The molecule has 1 aliphatic heterocycles. The van der Waals surface area contributed by atoms with E-state index in [1.54, 1.807) is 18.2 Å². The highest BCUT2D eigenvalue weighted by atomic mass is 35.5. The average molecular weight is 339 g/mol. The van der Waals surface area contributed by atoms with Crippen molar-refractivity contribution in [1.82, 2.24) is 9.80 Å². The summed E-state index contributed by atoms with van der Waals surface area (Å²) >= 11 is 11.0. The third-order valence-corrected chi connectivity index (χ3v) is 4.00. The summed E-state index contributed by atoms with van der Waals surface area (Å²) in [5.74, 6) is -0.343. The van der Waals surface area contributed by atoms with Crippen molar-refractivity contribution in [3.63, 3.8) is 0 Å². The standard InChI is InChI=1S/C15H15ClN2O3S/c1-4-21-12-6-5-10(16)7-9(12)8-11-13(19)17(2)15(22)18(3)14(11)20/h5-8H,4H2,1-3H3. The fraction of sp³-hybridized carbons (Fsp3) is 0.267. The highest BCUT2D eigenvalue weighted by molar-refractivity contribution is 7.80. The molecule has 0 aliphatic carbocycles. The fourth-order valence-corrected chi connectivity index (χ4v) is 2.40. The monoisotopic (exact) mass is 338 g/mol. The van der Waals surface area contributed by atoms with E-state index in [9.17, 15) is 9.59 Å². The van der Waals surface area contributed by atoms with Crippen LogP contribution in [-0.4, -0.2) is 47.4 Å². The number of amides is 2. The van der Waals surface area contributed by atoms with Crippen molar-refractivity contribution in [2.45, 2.75) is 6.92 Å². The van der Waals surface area contributed by atoms with Gasteiger partial charge < -0.3 is 4.74 Å². The molecule has 0 bridgehead atoms. The van der Waals surface area contributed by atoms with Crippen molar-refractivity contribution in [1.29, 1.82) is 0 Å². The van der Waals surface area contributed by atoms with E-state index in [1.807, 2.05) is 6.92 Å². The molecule has 2 rings (SSSR count). The summed E-state index contributed by atoms with van der Waals surface area (Å²) in [5, 5.41) is 0.659. The number of likely N-dealkylation sites (N-methyl/N-ethyl adjacent to an activating group) is 2. The van der Waals surface area contributed by atoms with Crippen LogP contribution >= 0.6 is 23.8 Å². The van der Waals surface area contributed by atoms with Gasteiger partial charge in [-0.1, -0.05) is 11.6 Å². The van der Waals surface area contributed by atoms with Crippen LogP contribution in [0.25, 0.3) is 6.08 Å². The third-order valence-electron chi connectivity index (χ3n) is 3.22. The minimum absolute atomic E-state index is 0.0156. The van der Waals surface area contributed by atoms with E-state index in [-0.39, 0.29) is 10.7 Å². The summed E-state index contributed by atoms with van der Waals surface area (Å²) in [7, 11) is 3.06. The number of nitrogens with zero attached hydrogens (tertiary/aromatic N) is 2. The van der Waals surface area contributed by atoms with Gasteiger partial charge in [0.05, 0.1) is 6.61 Å². The minimum Gasteiger partial charge on any atom is -0.493 e. The molecule has 1 aliphatic rings. The van der Waals surface area contributed by atoms with Crippen LogP contribution in [0.4, 0.5) is 0 Å². The van der Waals surface area contributed by atoms with Gasteiger partial charge in [-0.15, -0.1) is 0 Å². The summed E-state index contributed by atoms with van der Waals surface area (Å²) in [6, 6.07) is 5.04. The molecule has 0 aromatic heterocycles. The Labute approximate surface area is 139 Å². The van der Waals surface area contributed by atoms with Crippen LogP contribution in [0.1, 0.15) is 12.5 Å². The maximum absolute atomic E-state index is 12.3. The zero-order valence-corrected chi connectivity index (χ0v) is 14.0. The van der Waals surface area contributed by atoms with Gasteiger partial charge in [-0.2, -0.15) is 0 Å². The Morgan fingerprint density at radius 1 is 1.23 bits per heavy atom. The van der Waals surface area contributed by atoms with Crippen molar-refractivity contribution >= 4 is 46.8 Å². The van der Waals surface area contributed by atoms with Gasteiger partial charge >= 0.3 is 0 Å². The van der Waals surface area contributed by atoms with Crippen LogP contribution in [0, 0.1) is 0 Å². The number of halogens is 1. The quantitative estimate of drug-likeness (QED) is 0.482. The Morgan fingerprint density at radius 2 is 1.82 bits per heavy atom. The van der Waals surface area contributed by atoms with E-state index in [2.05, 4.69) is 0 Å². The third kappa shape index (κ3) is 2.98. The lowest BCUT2D eigenvalue weighted by molar-refractivity contribution is -0.132. The van der Waals surface area contributed by atoms with Gasteiger partial charge in [0.25, 0.3) is 11.8 Å². The number of rotatable bonds is 3. The second-order valence-electron chi connectivity index (χ2n) is 4.68. The first-order valence-electron chi connectivity index (χ1n) is 6.61. The highest BCUT2D eigenvalue weighted by Gasteiger charge is 2.35. The molecule has 1 saturated heterocycles. The SMILES string of the molecule is CCOc1ccc(Cl)cc1C=C1C(=O)N(C)C(=S)N(C)C1=O. The van der Waals surface area contributed by atoms with Crippen molar-refractivity contribution < 1.29 is 14.3 Å². The first kappa shape index (κ1) is 16.5. The van der Waals surface area contributed by atoms with Gasteiger partial charge in [0.1, 0.15) is 11.3 Å². The van der Waals surface area contributed by atoms with Crippen molar-refractivity contribution in [2.75, 3.05) is 20.7 Å². The van der Waals surface area contributed by atoms with Crippen LogP contribution in [0.5, 0.6) is 5.75 Å². The van der Waals surface area contributed by atoms with Crippen molar-refractivity contribution in [2.24, 2.45) is 0 Å². The van der Waals surface area contributed by atoms with Gasteiger partial charge in [-0.05, 0) is 43.4 Å². The predicted octanol–water partition coefficient (Wildman–Crippen LogP) is 2.34. The molecule has 0 saturated carbocycles. The first-order valence-corrected chi connectivity index (χ1v) is 7.39. The van der Waals surface area contributed by atoms with Gasteiger partial charge in [0, 0.05) is 24.7 Å². The summed E-state index contributed by atoms with van der Waals surface area (Å²) < 4.78 is 5.50. The smallest absolute Gasteiger partial charge is 0.265 e. The van der Waals surface area contributed by atoms with E-state index in [0.29, 0.717) is 22.9 Å². The summed E-state index contributed by atoms with van der Waals surface area (Å²) in [6.45, 7) is 2.31. The maximum Gasteiger partial charge on any atom is 0.265 e. The second-order valence-corrected chi connectivity index (χ2v) is 5.49. The van der Waals surface area contributed by atoms with Crippen molar-refractivity contribution in [3.8, 4) is 5.75 Å². The lowest BCUT2D eigenvalue weighted by Gasteiger charge is -2.31. The molecule has 22 heavy (non-hydrogen) atoms. The molecule has 1 aromatic carbocycles. The Morgan fingerprint density at radius 3 is 2.36 bits per heavy atom. The van der Waals surface area contributed by atoms with Crippen LogP contribution in [-0.2, 0) is 9.59 Å². The number of thiocarbonyl (C=S) groups is 1. The molecule has 0 unspecified atom stereocenters. The van der Waals surface area contributed by atoms with Gasteiger partial charge in [-0.3, -0.25) is 19.4 Å². The lowest BCUT2D eigenvalue weighted by atomic mass is 10.1. The molecule has 0 N–H and O–H groups in total. The molecule has 0 atom stereocenters.